The van der Waals surface area contributed by atoms with E-state index in [0.717, 1.165) is 32.5 Å². The van der Waals surface area contributed by atoms with Crippen LogP contribution in [0, 0.1) is 17.2 Å². The molecule has 1 amide bonds. The van der Waals surface area contributed by atoms with Gasteiger partial charge in [-0.2, -0.15) is 5.26 Å². The third-order valence-electron chi connectivity index (χ3n) is 4.52. The van der Waals surface area contributed by atoms with E-state index in [2.05, 4.69) is 32.3 Å². The molecule has 1 aromatic heterocycles. The minimum atomic E-state index is -0.163. The van der Waals surface area contributed by atoms with E-state index in [1.165, 1.54) is 18.0 Å². The van der Waals surface area contributed by atoms with Crippen LogP contribution in [0.5, 0.6) is 0 Å². The highest BCUT2D eigenvalue weighted by atomic mass is 16.1. The van der Waals surface area contributed by atoms with Gasteiger partial charge in [-0.15, -0.1) is 0 Å². The number of rotatable bonds is 5. The number of benzene rings is 1. The zero-order valence-corrected chi connectivity index (χ0v) is 14.1. The van der Waals surface area contributed by atoms with Gasteiger partial charge in [0.15, 0.2) is 0 Å². The van der Waals surface area contributed by atoms with Crippen molar-refractivity contribution in [1.29, 1.82) is 5.26 Å². The molecule has 1 saturated heterocycles. The first kappa shape index (κ1) is 17.1. The van der Waals surface area contributed by atoms with E-state index in [9.17, 15) is 4.79 Å². The van der Waals surface area contributed by atoms with Gasteiger partial charge in [0.2, 0.25) is 0 Å². The Morgan fingerprint density at radius 1 is 1.32 bits per heavy atom. The Bertz CT molecular complexity index is 748. The van der Waals surface area contributed by atoms with Gasteiger partial charge in [-0.25, -0.2) is 4.98 Å². The molecule has 0 spiro atoms. The van der Waals surface area contributed by atoms with Gasteiger partial charge in [-0.05, 0) is 49.5 Å². The zero-order chi connectivity index (χ0) is 17.5. The Hall–Kier alpha value is -2.78. The fourth-order valence-electron chi connectivity index (χ4n) is 3.09. The maximum Gasteiger partial charge on any atom is 0.271 e. The summed E-state index contributed by atoms with van der Waals surface area (Å²) in [7, 11) is 0. The molecule has 0 aliphatic carbocycles. The molecule has 6 nitrogen and oxygen atoms in total. The lowest BCUT2D eigenvalue weighted by atomic mass is 9.96. The third-order valence-corrected chi connectivity index (χ3v) is 4.52. The van der Waals surface area contributed by atoms with Crippen LogP contribution in [0.3, 0.4) is 0 Å². The predicted molar refractivity (Wildman–Crippen MR) is 93.5 cm³/mol. The Labute approximate surface area is 147 Å². The summed E-state index contributed by atoms with van der Waals surface area (Å²) in [5, 5.41) is 11.9. The van der Waals surface area contributed by atoms with Gasteiger partial charge < -0.3 is 5.32 Å². The first-order valence-electron chi connectivity index (χ1n) is 8.50. The Morgan fingerprint density at radius 2 is 2.16 bits per heavy atom. The average molecular weight is 335 g/mol. The standard InChI is InChI=1S/C19H21N5O/c20-11-16-2-1-3-17(10-16)14-24-8-4-15(5-9-24)12-23-19(25)18-13-21-6-7-22-18/h1-3,6-7,10,13,15H,4-5,8-9,12,14H2,(H,23,25). The minimum absolute atomic E-state index is 0.163. The predicted octanol–water partition coefficient (Wildman–Crippen LogP) is 1.99. The summed E-state index contributed by atoms with van der Waals surface area (Å²) in [5.74, 6) is 0.325. The molecular formula is C19H21N5O. The summed E-state index contributed by atoms with van der Waals surface area (Å²) in [6, 6.07) is 9.96. The number of hydrogen-bond acceptors (Lipinski definition) is 5. The maximum absolute atomic E-state index is 12.0. The number of carbonyl (C=O) groups is 1. The van der Waals surface area contributed by atoms with Crippen LogP contribution in [0.4, 0.5) is 0 Å². The Kier molecular flexibility index (Phi) is 5.70. The lowest BCUT2D eigenvalue weighted by Gasteiger charge is -2.32. The normalized spacial score (nSPS) is 15.5. The zero-order valence-electron chi connectivity index (χ0n) is 14.1. The van der Waals surface area contributed by atoms with Crippen molar-refractivity contribution in [3.63, 3.8) is 0 Å². The quantitative estimate of drug-likeness (QED) is 0.903. The molecule has 1 N–H and O–H groups in total. The molecule has 2 heterocycles. The highest BCUT2D eigenvalue weighted by Gasteiger charge is 2.20. The van der Waals surface area contributed by atoms with Gasteiger partial charge >= 0.3 is 0 Å². The van der Waals surface area contributed by atoms with Crippen LogP contribution in [0.1, 0.15) is 34.5 Å². The van der Waals surface area contributed by atoms with Crippen LogP contribution in [-0.2, 0) is 6.54 Å². The Morgan fingerprint density at radius 3 is 2.88 bits per heavy atom. The van der Waals surface area contributed by atoms with E-state index in [-0.39, 0.29) is 5.91 Å². The number of piperidine rings is 1. The van der Waals surface area contributed by atoms with Crippen molar-refractivity contribution in [2.24, 2.45) is 5.92 Å². The highest BCUT2D eigenvalue weighted by Crippen LogP contribution is 2.19. The molecule has 128 valence electrons. The van der Waals surface area contributed by atoms with Crippen molar-refractivity contribution in [2.45, 2.75) is 19.4 Å². The molecule has 3 rings (SSSR count). The maximum atomic E-state index is 12.0. The summed E-state index contributed by atoms with van der Waals surface area (Å²) in [4.78, 5) is 22.3. The first-order chi connectivity index (χ1) is 12.2. The largest absolute Gasteiger partial charge is 0.350 e. The van der Waals surface area contributed by atoms with Crippen LogP contribution >= 0.6 is 0 Å². The van der Waals surface area contributed by atoms with Crippen LogP contribution < -0.4 is 5.32 Å². The lowest BCUT2D eigenvalue weighted by Crippen LogP contribution is -2.38. The van der Waals surface area contributed by atoms with Crippen molar-refractivity contribution >= 4 is 5.91 Å². The summed E-state index contributed by atoms with van der Waals surface area (Å²) < 4.78 is 0. The van der Waals surface area contributed by atoms with Crippen molar-refractivity contribution < 1.29 is 4.79 Å². The van der Waals surface area contributed by atoms with Crippen LogP contribution in [0.25, 0.3) is 0 Å². The second kappa shape index (κ2) is 8.36. The van der Waals surface area contributed by atoms with Crippen molar-refractivity contribution in [3.05, 3.63) is 59.7 Å². The van der Waals surface area contributed by atoms with Gasteiger partial charge in [0.25, 0.3) is 5.91 Å². The topological polar surface area (TPSA) is 81.9 Å². The van der Waals surface area contributed by atoms with E-state index >= 15 is 0 Å². The summed E-state index contributed by atoms with van der Waals surface area (Å²) in [6.45, 7) is 3.55. The first-order valence-corrected chi connectivity index (χ1v) is 8.50. The molecule has 2 aromatic rings. The van der Waals surface area contributed by atoms with Gasteiger partial charge in [-0.3, -0.25) is 14.7 Å². The SMILES string of the molecule is N#Cc1cccc(CN2CCC(CNC(=O)c3cnccn3)CC2)c1. The van der Waals surface area contributed by atoms with E-state index in [1.807, 2.05) is 18.2 Å². The summed E-state index contributed by atoms with van der Waals surface area (Å²) in [5.41, 5.74) is 2.24. The average Bonchev–Trinajstić information content (AvgIpc) is 2.68. The molecule has 1 aliphatic rings. The number of nitrogens with one attached hydrogen (secondary N) is 1. The second-order valence-corrected chi connectivity index (χ2v) is 6.33. The van der Waals surface area contributed by atoms with E-state index in [4.69, 9.17) is 5.26 Å². The van der Waals surface area contributed by atoms with Crippen molar-refractivity contribution in [2.75, 3.05) is 19.6 Å². The van der Waals surface area contributed by atoms with Gasteiger partial charge in [0.1, 0.15) is 5.69 Å². The Balaban J connectivity index is 1.43. The molecule has 1 aromatic carbocycles. The second-order valence-electron chi connectivity index (χ2n) is 6.33. The van der Waals surface area contributed by atoms with Crippen LogP contribution in [-0.4, -0.2) is 40.4 Å². The molecule has 6 heteroatoms. The molecule has 1 aliphatic heterocycles. The van der Waals surface area contributed by atoms with Crippen LogP contribution in [0.2, 0.25) is 0 Å². The van der Waals surface area contributed by atoms with Crippen molar-refractivity contribution in [1.82, 2.24) is 20.2 Å². The number of hydrogen-bond donors (Lipinski definition) is 1. The number of nitriles is 1. The number of amides is 1. The lowest BCUT2D eigenvalue weighted by molar-refractivity contribution is 0.0930. The molecule has 0 radical (unpaired) electrons. The summed E-state index contributed by atoms with van der Waals surface area (Å²) >= 11 is 0. The fraction of sp³-hybridized carbons (Fsp3) is 0.368. The third kappa shape index (κ3) is 4.85. The highest BCUT2D eigenvalue weighted by molar-refractivity contribution is 5.91. The van der Waals surface area contributed by atoms with E-state index in [0.29, 0.717) is 23.7 Å². The van der Waals surface area contributed by atoms with E-state index in [1.54, 1.807) is 6.20 Å². The molecule has 0 bridgehead atoms. The van der Waals surface area contributed by atoms with Gasteiger partial charge in [-0.1, -0.05) is 12.1 Å². The number of nitrogens with zero attached hydrogens (tertiary/aromatic N) is 4. The van der Waals surface area contributed by atoms with Gasteiger partial charge in [0.05, 0.1) is 17.8 Å². The molecular weight excluding hydrogens is 314 g/mol. The number of carbonyl (C=O) groups excluding carboxylic acids is 1. The molecule has 0 unspecified atom stereocenters. The molecule has 25 heavy (non-hydrogen) atoms. The monoisotopic (exact) mass is 335 g/mol. The van der Waals surface area contributed by atoms with Crippen molar-refractivity contribution in [3.8, 4) is 6.07 Å². The fourth-order valence-corrected chi connectivity index (χ4v) is 3.09. The van der Waals surface area contributed by atoms with E-state index < -0.39 is 0 Å². The molecule has 1 fully saturated rings. The summed E-state index contributed by atoms with van der Waals surface area (Å²) in [6.07, 6.45) is 6.66. The molecule has 0 saturated carbocycles. The number of aromatic nitrogens is 2. The number of likely N-dealkylation sites (tertiary alicyclic amines) is 1. The smallest absolute Gasteiger partial charge is 0.271 e. The molecule has 0 atom stereocenters. The van der Waals surface area contributed by atoms with Gasteiger partial charge in [0, 0.05) is 25.5 Å². The van der Waals surface area contributed by atoms with Crippen LogP contribution in [0.15, 0.2) is 42.9 Å². The minimum Gasteiger partial charge on any atom is -0.350 e.